The van der Waals surface area contributed by atoms with Crippen molar-refractivity contribution in [1.29, 1.82) is 0 Å². The van der Waals surface area contributed by atoms with Crippen molar-refractivity contribution in [2.75, 3.05) is 14.2 Å². The first kappa shape index (κ1) is 39.3. The Morgan fingerprint density at radius 3 is 1.55 bits per heavy atom. The molecule has 0 radical (unpaired) electrons. The molecule has 47 heavy (non-hydrogen) atoms. The number of carbonyl (C=O) groups is 4. The van der Waals surface area contributed by atoms with Crippen molar-refractivity contribution >= 4 is 31.2 Å². The molecule has 260 valence electrons. The van der Waals surface area contributed by atoms with Gasteiger partial charge in [0.2, 0.25) is 0 Å². The van der Waals surface area contributed by atoms with Gasteiger partial charge in [-0.15, -0.1) is 6.58 Å². The molecule has 0 unspecified atom stereocenters. The minimum atomic E-state index is -0.621. The largest absolute Gasteiger partial charge is 0.465 e. The van der Waals surface area contributed by atoms with Crippen molar-refractivity contribution < 1.29 is 47.4 Å². The fourth-order valence-corrected chi connectivity index (χ4v) is 4.48. The Hall–Kier alpha value is -3.84. The molecular weight excluding hydrogens is 607 g/mol. The van der Waals surface area contributed by atoms with Gasteiger partial charge in [0.1, 0.15) is 11.2 Å². The van der Waals surface area contributed by atoms with E-state index in [0.717, 1.165) is 12.0 Å². The smallest absolute Gasteiger partial charge is 0.457 e. The van der Waals surface area contributed by atoms with Gasteiger partial charge in [-0.3, -0.25) is 9.13 Å². The number of hydrogen-bond donors (Lipinski definition) is 0. The first-order valence-corrected chi connectivity index (χ1v) is 15.6. The Morgan fingerprint density at radius 2 is 1.17 bits per heavy atom. The summed E-state index contributed by atoms with van der Waals surface area (Å²) in [6, 6.07) is 0. The average molecular weight is 659 g/mol. The average Bonchev–Trinajstić information content (AvgIpc) is 3.60. The molecule has 0 amide bonds. The van der Waals surface area contributed by atoms with Crippen LogP contribution in [0.1, 0.15) is 108 Å². The molecule has 2 aromatic rings. The zero-order chi connectivity index (χ0) is 36.0. The van der Waals surface area contributed by atoms with Crippen LogP contribution in [0.2, 0.25) is 6.32 Å². The standard InChI is InChI=1S/C20H32BNO6.C14H19NO4/c1-18(2,3)26-17(24)22-12-14(15(13-22)16(23)25-8)10-9-11-21-27-19(4,5)20(6,7)28-21;1-6-7-10-8-15(9-11(10)12(16)18-5)13(17)19-14(2,3)4/h12-13H,9-11H2,1-8H3;6,8-9H,1,7H2,2-5H3. The van der Waals surface area contributed by atoms with Gasteiger partial charge in [0, 0.05) is 24.8 Å². The zero-order valence-electron chi connectivity index (χ0n) is 30.0. The van der Waals surface area contributed by atoms with Crippen LogP contribution in [0.4, 0.5) is 9.59 Å². The summed E-state index contributed by atoms with van der Waals surface area (Å²) in [6.07, 6.45) is 9.13. The van der Waals surface area contributed by atoms with E-state index in [1.54, 1.807) is 60.0 Å². The third-order valence-electron chi connectivity index (χ3n) is 7.39. The van der Waals surface area contributed by atoms with Gasteiger partial charge >= 0.3 is 31.2 Å². The fourth-order valence-electron chi connectivity index (χ4n) is 4.48. The van der Waals surface area contributed by atoms with Crippen LogP contribution in [0.5, 0.6) is 0 Å². The normalized spacial score (nSPS) is 15.3. The third-order valence-corrected chi connectivity index (χ3v) is 7.39. The zero-order valence-corrected chi connectivity index (χ0v) is 30.0. The number of ether oxygens (including phenoxy) is 4. The van der Waals surface area contributed by atoms with Crippen molar-refractivity contribution in [2.45, 2.75) is 117 Å². The highest BCUT2D eigenvalue weighted by Gasteiger charge is 2.50. The lowest BCUT2D eigenvalue weighted by molar-refractivity contribution is 0.00578. The van der Waals surface area contributed by atoms with Crippen LogP contribution in [0.3, 0.4) is 0 Å². The number of aryl methyl sites for hydroxylation is 1. The van der Waals surface area contributed by atoms with Gasteiger partial charge in [0.25, 0.3) is 0 Å². The Kier molecular flexibility index (Phi) is 12.9. The van der Waals surface area contributed by atoms with Gasteiger partial charge in [-0.1, -0.05) is 12.5 Å². The minimum Gasteiger partial charge on any atom is -0.465 e. The molecule has 0 saturated carbocycles. The van der Waals surface area contributed by atoms with E-state index in [2.05, 4.69) is 11.3 Å². The van der Waals surface area contributed by atoms with E-state index in [1.807, 2.05) is 27.7 Å². The highest BCUT2D eigenvalue weighted by Crippen LogP contribution is 2.38. The maximum Gasteiger partial charge on any atom is 0.457 e. The summed E-state index contributed by atoms with van der Waals surface area (Å²) in [4.78, 5) is 47.9. The molecule has 0 spiro atoms. The lowest BCUT2D eigenvalue weighted by atomic mass is 9.82. The highest BCUT2D eigenvalue weighted by molar-refractivity contribution is 6.45. The number of methoxy groups -OCH3 is 2. The van der Waals surface area contributed by atoms with Gasteiger partial charge in [-0.05, 0) is 99.5 Å². The Labute approximate surface area is 278 Å². The molecule has 3 rings (SSSR count). The quantitative estimate of drug-likeness (QED) is 0.128. The van der Waals surface area contributed by atoms with Gasteiger partial charge in [-0.2, -0.15) is 0 Å². The second-order valence-corrected chi connectivity index (χ2v) is 14.2. The van der Waals surface area contributed by atoms with E-state index in [0.29, 0.717) is 35.9 Å². The van der Waals surface area contributed by atoms with E-state index in [1.165, 1.54) is 35.7 Å². The topological polar surface area (TPSA) is 134 Å². The molecule has 0 bridgehead atoms. The van der Waals surface area contributed by atoms with Crippen LogP contribution in [-0.2, 0) is 41.1 Å². The van der Waals surface area contributed by atoms with Crippen LogP contribution in [0.25, 0.3) is 0 Å². The molecule has 13 heteroatoms. The van der Waals surface area contributed by atoms with E-state index in [-0.39, 0.29) is 18.3 Å². The van der Waals surface area contributed by atoms with Crippen LogP contribution < -0.4 is 0 Å². The molecule has 3 heterocycles. The Bertz CT molecular complexity index is 1420. The molecule has 2 aromatic heterocycles. The molecule has 1 aliphatic heterocycles. The number of esters is 2. The summed E-state index contributed by atoms with van der Waals surface area (Å²) >= 11 is 0. The number of allylic oxidation sites excluding steroid dienone is 1. The van der Waals surface area contributed by atoms with Gasteiger partial charge in [0.05, 0.1) is 36.5 Å². The molecule has 1 saturated heterocycles. The molecule has 0 N–H and O–H groups in total. The predicted molar refractivity (Wildman–Crippen MR) is 178 cm³/mol. The maximum absolute atomic E-state index is 12.3. The number of aromatic nitrogens is 2. The number of hydrogen-bond acceptors (Lipinski definition) is 10. The van der Waals surface area contributed by atoms with E-state index < -0.39 is 35.3 Å². The summed E-state index contributed by atoms with van der Waals surface area (Å²) in [6.45, 7) is 22.4. The van der Waals surface area contributed by atoms with E-state index in [4.69, 9.17) is 23.5 Å². The fraction of sp³-hybridized carbons (Fsp3) is 0.588. The van der Waals surface area contributed by atoms with Crippen molar-refractivity contribution in [2.24, 2.45) is 0 Å². The van der Waals surface area contributed by atoms with Crippen molar-refractivity contribution in [1.82, 2.24) is 9.13 Å². The van der Waals surface area contributed by atoms with Crippen LogP contribution in [0, 0.1) is 0 Å². The first-order valence-electron chi connectivity index (χ1n) is 15.6. The summed E-state index contributed by atoms with van der Waals surface area (Å²) < 4.78 is 34.7. The molecule has 1 fully saturated rings. The predicted octanol–water partition coefficient (Wildman–Crippen LogP) is 6.87. The summed E-state index contributed by atoms with van der Waals surface area (Å²) in [5.41, 5.74) is 0.163. The van der Waals surface area contributed by atoms with Crippen LogP contribution in [0.15, 0.2) is 37.4 Å². The molecule has 0 atom stereocenters. The van der Waals surface area contributed by atoms with Crippen LogP contribution in [-0.4, -0.2) is 77.0 Å². The monoisotopic (exact) mass is 658 g/mol. The second kappa shape index (κ2) is 15.4. The summed E-state index contributed by atoms with van der Waals surface area (Å²) in [5, 5.41) is 0. The van der Waals surface area contributed by atoms with Gasteiger partial charge in [0.15, 0.2) is 0 Å². The molecule has 1 aliphatic rings. The van der Waals surface area contributed by atoms with Crippen LogP contribution >= 0.6 is 0 Å². The maximum atomic E-state index is 12.3. The highest BCUT2D eigenvalue weighted by atomic mass is 16.7. The molecule has 12 nitrogen and oxygen atoms in total. The lowest BCUT2D eigenvalue weighted by Crippen LogP contribution is -2.41. The first-order chi connectivity index (χ1) is 21.5. The Morgan fingerprint density at radius 1 is 0.766 bits per heavy atom. The second-order valence-electron chi connectivity index (χ2n) is 14.2. The van der Waals surface area contributed by atoms with E-state index >= 15 is 0 Å². The van der Waals surface area contributed by atoms with Crippen molar-refractivity contribution in [3.05, 3.63) is 59.7 Å². The summed E-state index contributed by atoms with van der Waals surface area (Å²) in [5.74, 6) is -0.966. The van der Waals surface area contributed by atoms with Crippen molar-refractivity contribution in [3.63, 3.8) is 0 Å². The van der Waals surface area contributed by atoms with Gasteiger partial charge < -0.3 is 28.3 Å². The molecule has 0 aromatic carbocycles. The lowest BCUT2D eigenvalue weighted by Gasteiger charge is -2.32. The molecule has 0 aliphatic carbocycles. The van der Waals surface area contributed by atoms with E-state index in [9.17, 15) is 19.2 Å². The summed E-state index contributed by atoms with van der Waals surface area (Å²) in [7, 11) is 2.33. The Balaban J connectivity index is 0.000000353. The number of rotatable bonds is 8. The third kappa shape index (κ3) is 11.1. The minimum absolute atomic E-state index is 0.292. The number of nitrogens with zero attached hydrogens (tertiary/aromatic N) is 2. The number of carbonyl (C=O) groups excluding carboxylic acids is 4. The molecular formula is C34H51BN2O10. The van der Waals surface area contributed by atoms with Crippen molar-refractivity contribution in [3.8, 4) is 0 Å². The van der Waals surface area contributed by atoms with Gasteiger partial charge in [-0.25, -0.2) is 19.2 Å². The SMILES string of the molecule is C=CCc1cn(C(=O)OC(C)(C)C)cc1C(=O)OC.COC(=O)c1cn(C(=O)OC(C)(C)C)cc1CCCB1OC(C)(C)C(C)(C)O1.